The maximum absolute atomic E-state index is 13.6. The van der Waals surface area contributed by atoms with Crippen molar-refractivity contribution in [1.29, 1.82) is 0 Å². The van der Waals surface area contributed by atoms with Crippen LogP contribution < -0.4 is 0 Å². The lowest BCUT2D eigenvalue weighted by Gasteiger charge is -2.33. The molecule has 1 unspecified atom stereocenters. The van der Waals surface area contributed by atoms with Crippen LogP contribution in [0, 0.1) is 11.8 Å². The number of hydrogen-bond donors (Lipinski definition) is 1. The van der Waals surface area contributed by atoms with Crippen LogP contribution in [-0.2, 0) is 4.79 Å². The summed E-state index contributed by atoms with van der Waals surface area (Å²) in [6, 6.07) is 0. The maximum Gasteiger partial charge on any atom is 0.459 e. The Labute approximate surface area is 116 Å². The van der Waals surface area contributed by atoms with E-state index in [1.807, 2.05) is 0 Å². The smallest absolute Gasteiger partial charge is 0.459 e. The van der Waals surface area contributed by atoms with Gasteiger partial charge in [-0.15, -0.1) is 0 Å². The Morgan fingerprint density at radius 1 is 1.10 bits per heavy atom. The summed E-state index contributed by atoms with van der Waals surface area (Å²) in [6.45, 7) is 3.54. The zero-order chi connectivity index (χ0) is 17.2. The second-order valence-corrected chi connectivity index (χ2v) is 5.09. The van der Waals surface area contributed by atoms with E-state index in [1.165, 1.54) is 13.8 Å². The molecule has 0 amide bonds. The monoisotopic (exact) mass is 324 g/mol. The van der Waals surface area contributed by atoms with Crippen molar-refractivity contribution in [3.63, 3.8) is 0 Å². The minimum Gasteiger partial charge on any atom is -0.478 e. The van der Waals surface area contributed by atoms with Gasteiger partial charge >= 0.3 is 24.0 Å². The second-order valence-electron chi connectivity index (χ2n) is 5.09. The third-order valence-electron chi connectivity index (χ3n) is 2.75. The molecule has 2 nitrogen and oxygen atoms in total. The van der Waals surface area contributed by atoms with E-state index in [9.17, 15) is 35.5 Å². The summed E-state index contributed by atoms with van der Waals surface area (Å²) in [5.41, 5.74) is -0.724. The normalized spacial score (nSPS) is 16.2. The van der Waals surface area contributed by atoms with Gasteiger partial charge in [-0.05, 0) is 19.3 Å². The molecule has 124 valence electrons. The third kappa shape index (κ3) is 4.34. The van der Waals surface area contributed by atoms with E-state index in [0.29, 0.717) is 0 Å². The molecule has 0 saturated carbocycles. The predicted octanol–water partition coefficient (Wildman–Crippen LogP) is 4.51. The largest absolute Gasteiger partial charge is 0.478 e. The molecule has 0 aromatic rings. The van der Waals surface area contributed by atoms with Gasteiger partial charge in [-0.2, -0.15) is 30.7 Å². The quantitative estimate of drug-likeness (QED) is 0.576. The van der Waals surface area contributed by atoms with Gasteiger partial charge in [-0.1, -0.05) is 19.9 Å². The first-order valence-corrected chi connectivity index (χ1v) is 5.88. The van der Waals surface area contributed by atoms with Gasteiger partial charge in [0.05, 0.1) is 0 Å². The Balaban J connectivity index is 5.81. The standard InChI is InChI=1S/C12H15F7O2/c1-6(2)4-8(5-7(3)9(20)21)10(13,14)11(15,16)12(17,18)19/h5-6,8H,4H2,1-3H3,(H,20,21). The zero-order valence-corrected chi connectivity index (χ0v) is 11.4. The highest BCUT2D eigenvalue weighted by atomic mass is 19.4. The van der Waals surface area contributed by atoms with E-state index in [0.717, 1.165) is 6.92 Å². The highest BCUT2D eigenvalue weighted by Crippen LogP contribution is 2.51. The number of rotatable bonds is 6. The van der Waals surface area contributed by atoms with Crippen molar-refractivity contribution in [2.24, 2.45) is 11.8 Å². The van der Waals surface area contributed by atoms with Crippen molar-refractivity contribution in [3.8, 4) is 0 Å². The van der Waals surface area contributed by atoms with Gasteiger partial charge in [0, 0.05) is 11.5 Å². The van der Waals surface area contributed by atoms with Crippen LogP contribution in [0.25, 0.3) is 0 Å². The van der Waals surface area contributed by atoms with Crippen LogP contribution in [0.1, 0.15) is 27.2 Å². The number of halogens is 7. The molecule has 0 heterocycles. The van der Waals surface area contributed by atoms with Crippen molar-refractivity contribution >= 4 is 5.97 Å². The summed E-state index contributed by atoms with van der Waals surface area (Å²) in [7, 11) is 0. The van der Waals surface area contributed by atoms with E-state index in [2.05, 4.69) is 0 Å². The van der Waals surface area contributed by atoms with Crippen molar-refractivity contribution in [1.82, 2.24) is 0 Å². The molecule has 0 aromatic heterocycles. The average Bonchev–Trinajstić information content (AvgIpc) is 2.25. The predicted molar refractivity (Wildman–Crippen MR) is 60.3 cm³/mol. The van der Waals surface area contributed by atoms with Crippen LogP contribution in [0.5, 0.6) is 0 Å². The van der Waals surface area contributed by atoms with Gasteiger partial charge in [0.1, 0.15) is 0 Å². The lowest BCUT2D eigenvalue weighted by molar-refractivity contribution is -0.363. The van der Waals surface area contributed by atoms with Crippen LogP contribution in [0.2, 0.25) is 0 Å². The fourth-order valence-electron chi connectivity index (χ4n) is 1.62. The molecule has 0 bridgehead atoms. The van der Waals surface area contributed by atoms with Crippen LogP contribution >= 0.6 is 0 Å². The third-order valence-corrected chi connectivity index (χ3v) is 2.75. The van der Waals surface area contributed by atoms with Gasteiger partial charge in [-0.25, -0.2) is 4.79 Å². The van der Waals surface area contributed by atoms with Gasteiger partial charge < -0.3 is 5.11 Å². The van der Waals surface area contributed by atoms with E-state index >= 15 is 0 Å². The Morgan fingerprint density at radius 2 is 1.52 bits per heavy atom. The van der Waals surface area contributed by atoms with Crippen molar-refractivity contribution < 1.29 is 40.6 Å². The zero-order valence-electron chi connectivity index (χ0n) is 11.4. The number of aliphatic carboxylic acids is 1. The molecule has 9 heteroatoms. The van der Waals surface area contributed by atoms with Crippen molar-refractivity contribution in [3.05, 3.63) is 11.6 Å². The number of carboxylic acids is 1. The van der Waals surface area contributed by atoms with Gasteiger partial charge in [0.15, 0.2) is 0 Å². The summed E-state index contributed by atoms with van der Waals surface area (Å²) in [5, 5.41) is 8.57. The first-order valence-electron chi connectivity index (χ1n) is 5.88. The number of carboxylic acid groups (broad SMARTS) is 1. The molecular weight excluding hydrogens is 309 g/mol. The maximum atomic E-state index is 13.6. The molecule has 0 saturated heterocycles. The van der Waals surface area contributed by atoms with Crippen LogP contribution in [0.15, 0.2) is 11.6 Å². The summed E-state index contributed by atoms with van der Waals surface area (Å²) in [4.78, 5) is 10.6. The second kappa shape index (κ2) is 6.23. The van der Waals surface area contributed by atoms with Gasteiger partial charge in [-0.3, -0.25) is 0 Å². The van der Waals surface area contributed by atoms with Crippen LogP contribution in [-0.4, -0.2) is 29.1 Å². The number of hydrogen-bond acceptors (Lipinski definition) is 1. The number of carbonyl (C=O) groups is 1. The Hall–Kier alpha value is -1.28. The summed E-state index contributed by atoms with van der Waals surface area (Å²) >= 11 is 0. The Morgan fingerprint density at radius 3 is 1.81 bits per heavy atom. The SMILES string of the molecule is CC(=CC(CC(C)C)C(F)(F)C(F)(F)C(F)(F)F)C(=O)O. The molecule has 0 fully saturated rings. The lowest BCUT2D eigenvalue weighted by atomic mass is 9.86. The van der Waals surface area contributed by atoms with E-state index in [1.54, 1.807) is 0 Å². The molecular formula is C12H15F7O2. The van der Waals surface area contributed by atoms with Crippen molar-refractivity contribution in [2.75, 3.05) is 0 Å². The molecule has 0 aliphatic rings. The fraction of sp³-hybridized carbons (Fsp3) is 0.750. The lowest BCUT2D eigenvalue weighted by Crippen LogP contribution is -2.55. The highest BCUT2D eigenvalue weighted by molar-refractivity contribution is 5.85. The van der Waals surface area contributed by atoms with E-state index in [-0.39, 0.29) is 6.08 Å². The molecule has 0 aliphatic heterocycles. The Bertz CT molecular complexity index is 410. The van der Waals surface area contributed by atoms with E-state index in [4.69, 9.17) is 5.11 Å². The molecule has 1 N–H and O–H groups in total. The molecule has 0 spiro atoms. The van der Waals surface area contributed by atoms with Crippen LogP contribution in [0.3, 0.4) is 0 Å². The van der Waals surface area contributed by atoms with E-state index < -0.39 is 47.8 Å². The minimum atomic E-state index is -6.43. The average molecular weight is 324 g/mol. The molecule has 21 heavy (non-hydrogen) atoms. The topological polar surface area (TPSA) is 37.3 Å². The molecule has 0 radical (unpaired) electrons. The number of allylic oxidation sites excluding steroid dienone is 1. The summed E-state index contributed by atoms with van der Waals surface area (Å²) in [6.07, 6.45) is -6.90. The molecule has 1 atom stereocenters. The summed E-state index contributed by atoms with van der Waals surface area (Å²) < 4.78 is 89.8. The molecule has 0 aliphatic carbocycles. The fourth-order valence-corrected chi connectivity index (χ4v) is 1.62. The van der Waals surface area contributed by atoms with Gasteiger partial charge in [0.2, 0.25) is 0 Å². The Kier molecular flexibility index (Phi) is 5.85. The van der Waals surface area contributed by atoms with Crippen molar-refractivity contribution in [2.45, 2.75) is 45.2 Å². The first kappa shape index (κ1) is 19.7. The highest BCUT2D eigenvalue weighted by Gasteiger charge is 2.74. The van der Waals surface area contributed by atoms with Crippen LogP contribution in [0.4, 0.5) is 30.7 Å². The molecule has 0 rings (SSSR count). The molecule has 0 aromatic carbocycles. The summed E-state index contributed by atoms with van der Waals surface area (Å²) in [5.74, 6) is -16.6. The minimum absolute atomic E-state index is 0.252. The first-order chi connectivity index (χ1) is 9.14. The van der Waals surface area contributed by atoms with Gasteiger partial charge in [0.25, 0.3) is 0 Å². The number of alkyl halides is 7.